The van der Waals surface area contributed by atoms with Gasteiger partial charge in [-0.2, -0.15) is 9.97 Å². The minimum absolute atomic E-state index is 0.0741. The molecule has 0 spiro atoms. The molecular weight excluding hydrogens is 540 g/mol. The third kappa shape index (κ3) is 4.75. The third-order valence-electron chi connectivity index (χ3n) is 8.84. The van der Waals surface area contributed by atoms with Gasteiger partial charge in [0.1, 0.15) is 0 Å². The van der Waals surface area contributed by atoms with Gasteiger partial charge < -0.3 is 18.9 Å². The molecule has 2 aliphatic heterocycles. The lowest BCUT2D eigenvalue weighted by Crippen LogP contribution is -2.37. The SMILES string of the molecule is CC1CCCN(c2nc3c(c(=O)[nH]c(=O)n3C)n2CC(C)Cn2c(N3CCCC(C)C3)nc3c2c(=O)[nH]c(=O)n3C)C1. The van der Waals surface area contributed by atoms with E-state index < -0.39 is 22.5 Å². The summed E-state index contributed by atoms with van der Waals surface area (Å²) in [5, 5.41) is 0. The smallest absolute Gasteiger partial charge is 0.329 e. The number of imidazole rings is 2. The maximum atomic E-state index is 13.2. The molecule has 2 aliphatic rings. The minimum Gasteiger partial charge on any atom is -0.342 e. The number of fused-ring (bicyclic) bond motifs is 2. The monoisotopic (exact) mass is 580 g/mol. The van der Waals surface area contributed by atoms with Gasteiger partial charge in [0.05, 0.1) is 0 Å². The van der Waals surface area contributed by atoms with E-state index in [1.165, 1.54) is 9.13 Å². The van der Waals surface area contributed by atoms with Gasteiger partial charge >= 0.3 is 11.4 Å². The number of anilines is 2. The molecule has 2 saturated heterocycles. The van der Waals surface area contributed by atoms with Gasteiger partial charge in [-0.05, 0) is 43.4 Å². The fraction of sp³-hybridized carbons (Fsp3) is 0.643. The molecule has 6 heterocycles. The molecule has 6 rings (SSSR count). The zero-order valence-corrected chi connectivity index (χ0v) is 25.0. The van der Waals surface area contributed by atoms with Crippen molar-refractivity contribution in [2.24, 2.45) is 31.8 Å². The van der Waals surface area contributed by atoms with Crippen LogP contribution in [0.1, 0.15) is 46.5 Å². The van der Waals surface area contributed by atoms with E-state index in [9.17, 15) is 19.2 Å². The van der Waals surface area contributed by atoms with Gasteiger partial charge in [0.15, 0.2) is 22.3 Å². The van der Waals surface area contributed by atoms with E-state index in [0.29, 0.717) is 59.1 Å². The van der Waals surface area contributed by atoms with Crippen LogP contribution in [0.5, 0.6) is 0 Å². The summed E-state index contributed by atoms with van der Waals surface area (Å²) in [6.45, 7) is 10.6. The Morgan fingerprint density at radius 2 is 1.14 bits per heavy atom. The number of aromatic amines is 2. The Hall–Kier alpha value is -4.10. The first-order chi connectivity index (χ1) is 20.0. The highest BCUT2D eigenvalue weighted by Crippen LogP contribution is 2.29. The first-order valence-corrected chi connectivity index (χ1v) is 14.9. The molecule has 0 saturated carbocycles. The molecule has 0 amide bonds. The predicted octanol–water partition coefficient (Wildman–Crippen LogP) is 0.969. The molecule has 2 atom stereocenters. The van der Waals surface area contributed by atoms with Crippen molar-refractivity contribution in [3.05, 3.63) is 41.7 Å². The third-order valence-corrected chi connectivity index (χ3v) is 8.84. The minimum atomic E-state index is -0.501. The molecule has 14 nitrogen and oxygen atoms in total. The van der Waals surface area contributed by atoms with E-state index in [1.54, 1.807) is 14.1 Å². The van der Waals surface area contributed by atoms with Gasteiger partial charge in [0.2, 0.25) is 11.9 Å². The van der Waals surface area contributed by atoms with E-state index in [2.05, 4.69) is 40.5 Å². The van der Waals surface area contributed by atoms with E-state index in [0.717, 1.165) is 51.9 Å². The van der Waals surface area contributed by atoms with Gasteiger partial charge in [-0.15, -0.1) is 0 Å². The number of nitrogens with one attached hydrogen (secondary N) is 2. The van der Waals surface area contributed by atoms with Crippen LogP contribution in [-0.4, -0.2) is 64.4 Å². The summed E-state index contributed by atoms with van der Waals surface area (Å²) in [7, 11) is 3.23. The Bertz CT molecular complexity index is 1750. The van der Waals surface area contributed by atoms with Crippen LogP contribution in [0.4, 0.5) is 11.9 Å². The van der Waals surface area contributed by atoms with Gasteiger partial charge in [-0.3, -0.25) is 28.7 Å². The zero-order chi connectivity index (χ0) is 29.9. The first-order valence-electron chi connectivity index (χ1n) is 14.9. The second-order valence-corrected chi connectivity index (χ2v) is 12.5. The van der Waals surface area contributed by atoms with Crippen molar-refractivity contribution in [1.29, 1.82) is 0 Å². The molecule has 42 heavy (non-hydrogen) atoms. The van der Waals surface area contributed by atoms with E-state index in [4.69, 9.17) is 9.97 Å². The van der Waals surface area contributed by atoms with Crippen molar-refractivity contribution >= 4 is 34.2 Å². The van der Waals surface area contributed by atoms with Crippen molar-refractivity contribution < 1.29 is 0 Å². The fourth-order valence-electron chi connectivity index (χ4n) is 6.70. The highest BCUT2D eigenvalue weighted by Gasteiger charge is 2.28. The summed E-state index contributed by atoms with van der Waals surface area (Å²) in [5.41, 5.74) is -0.509. The number of nitrogens with zero attached hydrogens (tertiary/aromatic N) is 8. The van der Waals surface area contributed by atoms with Crippen LogP contribution in [-0.2, 0) is 27.2 Å². The molecule has 0 aromatic carbocycles. The van der Waals surface area contributed by atoms with Crippen LogP contribution in [0.3, 0.4) is 0 Å². The Balaban J connectivity index is 1.45. The van der Waals surface area contributed by atoms with E-state index >= 15 is 0 Å². The number of aryl methyl sites for hydroxylation is 2. The summed E-state index contributed by atoms with van der Waals surface area (Å²) in [4.78, 5) is 70.1. The molecule has 2 unspecified atom stereocenters. The highest BCUT2D eigenvalue weighted by molar-refractivity contribution is 5.75. The number of aromatic nitrogens is 8. The Kier molecular flexibility index (Phi) is 7.09. The Morgan fingerprint density at radius 1 is 0.738 bits per heavy atom. The molecule has 0 bridgehead atoms. The lowest BCUT2D eigenvalue weighted by atomic mass is 10.0. The number of piperidine rings is 2. The van der Waals surface area contributed by atoms with Crippen molar-refractivity contribution in [3.63, 3.8) is 0 Å². The second-order valence-electron chi connectivity index (χ2n) is 12.5. The van der Waals surface area contributed by atoms with Crippen molar-refractivity contribution in [2.75, 3.05) is 36.0 Å². The average Bonchev–Trinajstić information content (AvgIpc) is 3.50. The van der Waals surface area contributed by atoms with Gasteiger partial charge in [0.25, 0.3) is 11.1 Å². The molecule has 0 aliphatic carbocycles. The maximum Gasteiger partial charge on any atom is 0.329 e. The number of rotatable bonds is 6. The quantitative estimate of drug-likeness (QED) is 0.342. The van der Waals surface area contributed by atoms with E-state index in [-0.39, 0.29) is 5.92 Å². The lowest BCUT2D eigenvalue weighted by Gasteiger charge is -2.33. The van der Waals surface area contributed by atoms with Crippen LogP contribution in [0.15, 0.2) is 19.2 Å². The van der Waals surface area contributed by atoms with Gasteiger partial charge in [-0.25, -0.2) is 9.59 Å². The van der Waals surface area contributed by atoms with Crippen molar-refractivity contribution in [1.82, 2.24) is 38.2 Å². The van der Waals surface area contributed by atoms with E-state index in [1.807, 2.05) is 9.13 Å². The van der Waals surface area contributed by atoms with Crippen LogP contribution >= 0.6 is 0 Å². The maximum absolute atomic E-state index is 13.2. The van der Waals surface area contributed by atoms with Crippen LogP contribution in [0, 0.1) is 17.8 Å². The summed E-state index contributed by atoms with van der Waals surface area (Å²) < 4.78 is 6.62. The predicted molar refractivity (Wildman–Crippen MR) is 162 cm³/mol. The van der Waals surface area contributed by atoms with Crippen LogP contribution < -0.4 is 32.3 Å². The molecule has 4 aromatic rings. The molecule has 0 radical (unpaired) electrons. The average molecular weight is 581 g/mol. The molecule has 2 fully saturated rings. The van der Waals surface area contributed by atoms with Crippen LogP contribution in [0.2, 0.25) is 0 Å². The highest BCUT2D eigenvalue weighted by atomic mass is 16.2. The molecule has 2 N–H and O–H groups in total. The normalized spacial score (nSPS) is 20.6. The first kappa shape index (κ1) is 28.0. The Labute approximate surface area is 241 Å². The zero-order valence-electron chi connectivity index (χ0n) is 25.0. The fourth-order valence-corrected chi connectivity index (χ4v) is 6.70. The molecule has 4 aromatic heterocycles. The van der Waals surface area contributed by atoms with Gasteiger partial charge in [-0.1, -0.05) is 20.8 Å². The topological polar surface area (TPSA) is 152 Å². The summed E-state index contributed by atoms with van der Waals surface area (Å²) in [5.74, 6) is 2.25. The Morgan fingerprint density at radius 3 is 1.52 bits per heavy atom. The number of hydrogen-bond acceptors (Lipinski definition) is 8. The standard InChI is InChI=1S/C28H40N10O4/c1-16-8-6-10-35(12-16)25-29-21-19(23(39)31-27(41)33(21)4)37(25)14-18(3)15-38-20-22(34(5)28(42)32-24(20)40)30-26(38)36-11-7-9-17(2)13-36/h16-18H,6-15H2,1-5H3,(H,31,39,41)(H,32,40,42). The molecular formula is C28H40N10O4. The summed E-state index contributed by atoms with van der Waals surface area (Å²) in [6, 6.07) is 0. The summed E-state index contributed by atoms with van der Waals surface area (Å²) in [6.07, 6.45) is 4.31. The van der Waals surface area contributed by atoms with Gasteiger partial charge in [0, 0.05) is 53.4 Å². The number of hydrogen-bond donors (Lipinski definition) is 2. The van der Waals surface area contributed by atoms with Crippen molar-refractivity contribution in [2.45, 2.75) is 59.5 Å². The van der Waals surface area contributed by atoms with Crippen LogP contribution in [0.25, 0.3) is 22.3 Å². The number of H-pyrrole nitrogens is 2. The molecule has 14 heteroatoms. The summed E-state index contributed by atoms with van der Waals surface area (Å²) >= 11 is 0. The largest absolute Gasteiger partial charge is 0.342 e. The molecule has 226 valence electrons. The lowest BCUT2D eigenvalue weighted by molar-refractivity contribution is 0.402. The second kappa shape index (κ2) is 10.6. The van der Waals surface area contributed by atoms with Crippen molar-refractivity contribution in [3.8, 4) is 0 Å².